The van der Waals surface area contributed by atoms with Crippen LogP contribution < -0.4 is 0 Å². The second kappa shape index (κ2) is 6.35. The average Bonchev–Trinajstić information content (AvgIpc) is 2.88. The monoisotopic (exact) mass is 268 g/mol. The summed E-state index contributed by atoms with van der Waals surface area (Å²) in [6.45, 7) is 6.03. The van der Waals surface area contributed by atoms with E-state index in [9.17, 15) is 5.11 Å². The van der Waals surface area contributed by atoms with Crippen LogP contribution >= 0.6 is 0 Å². The van der Waals surface area contributed by atoms with E-state index in [0.717, 1.165) is 28.0 Å². The summed E-state index contributed by atoms with van der Waals surface area (Å²) in [6.07, 6.45) is 4.05. The maximum Gasteiger partial charge on any atom is 0.136 e. The third-order valence-corrected chi connectivity index (χ3v) is 3.07. The summed E-state index contributed by atoms with van der Waals surface area (Å²) < 4.78 is 2.01. The second-order valence-electron chi connectivity index (χ2n) is 4.38. The van der Waals surface area contributed by atoms with Crippen LogP contribution in [0.4, 0.5) is 0 Å². The van der Waals surface area contributed by atoms with E-state index < -0.39 is 0 Å². The first-order valence-corrected chi connectivity index (χ1v) is 6.92. The maximum absolute atomic E-state index is 9.38. The second-order valence-corrected chi connectivity index (χ2v) is 4.38. The number of aliphatic hydroxyl groups is 1. The van der Waals surface area contributed by atoms with E-state index in [-0.39, 0.29) is 6.61 Å². The first kappa shape index (κ1) is 14.3. The predicted molar refractivity (Wildman–Crippen MR) is 82.6 cm³/mol. The molecule has 0 spiro atoms. The van der Waals surface area contributed by atoms with Crippen LogP contribution in [-0.4, -0.2) is 14.5 Å². The summed E-state index contributed by atoms with van der Waals surface area (Å²) in [5.41, 5.74) is 5.03. The normalized spacial score (nSPS) is 10.2. The van der Waals surface area contributed by atoms with Crippen molar-refractivity contribution >= 4 is 5.65 Å². The van der Waals surface area contributed by atoms with E-state index in [1.54, 1.807) is 0 Å². The van der Waals surface area contributed by atoms with Gasteiger partial charge in [-0.1, -0.05) is 38.1 Å². The highest BCUT2D eigenvalue weighted by Crippen LogP contribution is 2.24. The lowest BCUT2D eigenvalue weighted by Gasteiger charge is -2.07. The van der Waals surface area contributed by atoms with Gasteiger partial charge < -0.3 is 9.51 Å². The molecule has 3 aromatic rings. The van der Waals surface area contributed by atoms with Crippen molar-refractivity contribution in [2.75, 3.05) is 0 Å². The molecule has 0 bridgehead atoms. The van der Waals surface area contributed by atoms with E-state index >= 15 is 0 Å². The van der Waals surface area contributed by atoms with Gasteiger partial charge in [-0.15, -0.1) is 0 Å². The molecule has 0 aliphatic rings. The number of nitrogens with zero attached hydrogens (tertiary/aromatic N) is 2. The molecule has 0 unspecified atom stereocenters. The molecule has 0 radical (unpaired) electrons. The van der Waals surface area contributed by atoms with Crippen molar-refractivity contribution in [2.24, 2.45) is 0 Å². The molecule has 3 rings (SSSR count). The van der Waals surface area contributed by atoms with Crippen molar-refractivity contribution < 1.29 is 5.11 Å². The largest absolute Gasteiger partial charge is 0.392 e. The number of hydrogen-bond donors (Lipinski definition) is 1. The van der Waals surface area contributed by atoms with Gasteiger partial charge in [0, 0.05) is 12.4 Å². The van der Waals surface area contributed by atoms with Crippen molar-refractivity contribution in [2.45, 2.75) is 27.4 Å². The Morgan fingerprint density at radius 3 is 2.55 bits per heavy atom. The fourth-order valence-electron chi connectivity index (χ4n) is 2.22. The number of hydrogen-bond acceptors (Lipinski definition) is 2. The number of fused-ring (bicyclic) bond motifs is 1. The topological polar surface area (TPSA) is 37.5 Å². The first-order valence-electron chi connectivity index (χ1n) is 6.92. The highest BCUT2D eigenvalue weighted by Gasteiger charge is 2.05. The Labute approximate surface area is 119 Å². The zero-order chi connectivity index (χ0) is 14.5. The third-order valence-electron chi connectivity index (χ3n) is 3.07. The zero-order valence-corrected chi connectivity index (χ0v) is 12.2. The standard InChI is InChI=1S/C15H14N2O.C2H6/c1-11-8-17-9-12(6-7-15(17)16-11)14-5-3-2-4-13(14)10-18;1-2/h2-9,18H,10H2,1H3;1-2H3. The molecule has 0 saturated heterocycles. The minimum atomic E-state index is 0.0527. The highest BCUT2D eigenvalue weighted by atomic mass is 16.3. The number of aliphatic hydroxyl groups excluding tert-OH is 1. The number of benzene rings is 1. The van der Waals surface area contributed by atoms with Gasteiger partial charge in [-0.05, 0) is 35.7 Å². The summed E-state index contributed by atoms with van der Waals surface area (Å²) in [6, 6.07) is 11.9. The number of aryl methyl sites for hydroxylation is 1. The van der Waals surface area contributed by atoms with Crippen molar-refractivity contribution in [1.29, 1.82) is 0 Å². The Morgan fingerprint density at radius 2 is 1.80 bits per heavy atom. The molecule has 0 aliphatic carbocycles. The Kier molecular flexibility index (Phi) is 4.53. The van der Waals surface area contributed by atoms with Gasteiger partial charge in [-0.25, -0.2) is 4.98 Å². The number of pyridine rings is 1. The molecule has 0 aliphatic heterocycles. The van der Waals surface area contributed by atoms with E-state index in [2.05, 4.69) is 4.98 Å². The van der Waals surface area contributed by atoms with Gasteiger partial charge >= 0.3 is 0 Å². The molecular formula is C17H20N2O. The van der Waals surface area contributed by atoms with Gasteiger partial charge in [0.1, 0.15) is 5.65 Å². The smallest absolute Gasteiger partial charge is 0.136 e. The van der Waals surface area contributed by atoms with Gasteiger partial charge in [-0.3, -0.25) is 0 Å². The van der Waals surface area contributed by atoms with Crippen molar-refractivity contribution in [3.63, 3.8) is 0 Å². The zero-order valence-electron chi connectivity index (χ0n) is 12.2. The summed E-state index contributed by atoms with van der Waals surface area (Å²) in [4.78, 5) is 4.40. The number of rotatable bonds is 2. The van der Waals surface area contributed by atoms with Gasteiger partial charge in [-0.2, -0.15) is 0 Å². The minimum absolute atomic E-state index is 0.0527. The van der Waals surface area contributed by atoms with Gasteiger partial charge in [0.15, 0.2) is 0 Å². The van der Waals surface area contributed by atoms with Crippen molar-refractivity contribution in [1.82, 2.24) is 9.38 Å². The van der Waals surface area contributed by atoms with E-state index in [0.29, 0.717) is 0 Å². The Balaban J connectivity index is 0.000000704. The number of imidazole rings is 1. The Morgan fingerprint density at radius 1 is 1.05 bits per heavy atom. The lowest BCUT2D eigenvalue weighted by atomic mass is 10.0. The fourth-order valence-corrected chi connectivity index (χ4v) is 2.22. The van der Waals surface area contributed by atoms with Gasteiger partial charge in [0.2, 0.25) is 0 Å². The third kappa shape index (κ3) is 2.73. The maximum atomic E-state index is 9.38. The minimum Gasteiger partial charge on any atom is -0.392 e. The van der Waals surface area contributed by atoms with Crippen molar-refractivity contribution in [3.8, 4) is 11.1 Å². The molecule has 104 valence electrons. The molecule has 1 N–H and O–H groups in total. The molecule has 2 aromatic heterocycles. The molecule has 3 nitrogen and oxygen atoms in total. The first-order chi connectivity index (χ1) is 9.78. The van der Waals surface area contributed by atoms with Crippen LogP contribution in [0, 0.1) is 6.92 Å². The van der Waals surface area contributed by atoms with E-state index in [1.807, 2.05) is 74.0 Å². The molecule has 0 atom stereocenters. The molecular weight excluding hydrogens is 248 g/mol. The lowest BCUT2D eigenvalue weighted by molar-refractivity contribution is 0.282. The molecule has 0 fully saturated rings. The van der Waals surface area contributed by atoms with E-state index in [1.165, 1.54) is 0 Å². The fraction of sp³-hybridized carbons (Fsp3) is 0.235. The van der Waals surface area contributed by atoms with Gasteiger partial charge in [0.25, 0.3) is 0 Å². The quantitative estimate of drug-likeness (QED) is 0.767. The van der Waals surface area contributed by atoms with Crippen LogP contribution in [0.1, 0.15) is 25.1 Å². The molecule has 0 saturated carbocycles. The summed E-state index contributed by atoms with van der Waals surface area (Å²) in [5, 5.41) is 9.38. The van der Waals surface area contributed by atoms with Crippen LogP contribution in [0.3, 0.4) is 0 Å². The predicted octanol–water partition coefficient (Wildman–Crippen LogP) is 3.83. The van der Waals surface area contributed by atoms with Crippen molar-refractivity contribution in [3.05, 3.63) is 60.0 Å². The van der Waals surface area contributed by atoms with Crippen LogP contribution in [0.25, 0.3) is 16.8 Å². The molecule has 2 heterocycles. The molecule has 1 aromatic carbocycles. The molecule has 20 heavy (non-hydrogen) atoms. The SMILES string of the molecule is CC.Cc1cn2cc(-c3ccccc3CO)ccc2n1. The van der Waals surface area contributed by atoms with Gasteiger partial charge in [0.05, 0.1) is 12.3 Å². The van der Waals surface area contributed by atoms with Crippen LogP contribution in [-0.2, 0) is 6.61 Å². The lowest BCUT2D eigenvalue weighted by Crippen LogP contribution is -1.91. The highest BCUT2D eigenvalue weighted by molar-refractivity contribution is 5.68. The molecule has 0 amide bonds. The van der Waals surface area contributed by atoms with Crippen LogP contribution in [0.2, 0.25) is 0 Å². The van der Waals surface area contributed by atoms with Crippen LogP contribution in [0.5, 0.6) is 0 Å². The summed E-state index contributed by atoms with van der Waals surface area (Å²) >= 11 is 0. The summed E-state index contributed by atoms with van der Waals surface area (Å²) in [5.74, 6) is 0. The Hall–Kier alpha value is -2.13. The Bertz CT molecular complexity index is 701. The molecule has 3 heteroatoms. The summed E-state index contributed by atoms with van der Waals surface area (Å²) in [7, 11) is 0. The van der Waals surface area contributed by atoms with Crippen LogP contribution in [0.15, 0.2) is 48.8 Å². The van der Waals surface area contributed by atoms with E-state index in [4.69, 9.17) is 0 Å². The average molecular weight is 268 g/mol. The number of aromatic nitrogens is 2.